The molecule has 0 saturated carbocycles. The third-order valence-electron chi connectivity index (χ3n) is 4.15. The standard InChI is InChI=1S/C8H17N.C7H14O/c1-8(2,3)7-5-9(4)6-7;1-7(2,3)6-4-8-5-6/h7H,5-6H2,1-4H3;6H,4-5H2,1-3H3. The van der Waals surface area contributed by atoms with Crippen molar-refractivity contribution >= 4 is 0 Å². The van der Waals surface area contributed by atoms with Gasteiger partial charge in [0.2, 0.25) is 0 Å². The van der Waals surface area contributed by atoms with Crippen LogP contribution in [0.3, 0.4) is 0 Å². The van der Waals surface area contributed by atoms with E-state index in [2.05, 4.69) is 53.5 Å². The summed E-state index contributed by atoms with van der Waals surface area (Å²) in [6, 6.07) is 0. The van der Waals surface area contributed by atoms with E-state index in [9.17, 15) is 0 Å². The van der Waals surface area contributed by atoms with Gasteiger partial charge in [0.05, 0.1) is 13.2 Å². The van der Waals surface area contributed by atoms with Gasteiger partial charge in [0.25, 0.3) is 0 Å². The van der Waals surface area contributed by atoms with E-state index in [1.165, 1.54) is 13.1 Å². The molecule has 2 aliphatic heterocycles. The van der Waals surface area contributed by atoms with Crippen molar-refractivity contribution in [2.45, 2.75) is 41.5 Å². The normalized spacial score (nSPS) is 23.5. The van der Waals surface area contributed by atoms with Crippen LogP contribution in [0, 0.1) is 22.7 Å². The van der Waals surface area contributed by atoms with Gasteiger partial charge in [0.1, 0.15) is 0 Å². The fourth-order valence-corrected chi connectivity index (χ4v) is 1.98. The lowest BCUT2D eigenvalue weighted by atomic mass is 9.76. The number of likely N-dealkylation sites (tertiary alicyclic amines) is 1. The van der Waals surface area contributed by atoms with Crippen LogP contribution in [0.2, 0.25) is 0 Å². The molecule has 2 aliphatic rings. The lowest BCUT2D eigenvalue weighted by molar-refractivity contribution is -0.0821. The highest BCUT2D eigenvalue weighted by Gasteiger charge is 2.33. The molecule has 17 heavy (non-hydrogen) atoms. The van der Waals surface area contributed by atoms with E-state index in [-0.39, 0.29) is 0 Å². The van der Waals surface area contributed by atoms with E-state index < -0.39 is 0 Å². The Bertz CT molecular complexity index is 226. The summed E-state index contributed by atoms with van der Waals surface area (Å²) in [5.41, 5.74) is 1.00. The van der Waals surface area contributed by atoms with Crippen LogP contribution in [0.1, 0.15) is 41.5 Å². The minimum Gasteiger partial charge on any atom is -0.381 e. The van der Waals surface area contributed by atoms with Crippen molar-refractivity contribution in [3.05, 3.63) is 0 Å². The zero-order valence-corrected chi connectivity index (χ0v) is 12.8. The van der Waals surface area contributed by atoms with Gasteiger partial charge >= 0.3 is 0 Å². The third-order valence-corrected chi connectivity index (χ3v) is 4.15. The first-order valence-corrected chi connectivity index (χ1v) is 6.87. The van der Waals surface area contributed by atoms with Crippen LogP contribution in [0.5, 0.6) is 0 Å². The molecule has 0 aromatic carbocycles. The fourth-order valence-electron chi connectivity index (χ4n) is 1.98. The van der Waals surface area contributed by atoms with Crippen molar-refractivity contribution in [3.63, 3.8) is 0 Å². The van der Waals surface area contributed by atoms with Crippen molar-refractivity contribution in [2.75, 3.05) is 33.4 Å². The van der Waals surface area contributed by atoms with Crippen molar-refractivity contribution in [1.82, 2.24) is 4.90 Å². The van der Waals surface area contributed by atoms with E-state index in [4.69, 9.17) is 4.74 Å². The van der Waals surface area contributed by atoms with Crippen molar-refractivity contribution in [1.29, 1.82) is 0 Å². The van der Waals surface area contributed by atoms with Crippen molar-refractivity contribution in [3.8, 4) is 0 Å². The second kappa shape index (κ2) is 5.27. The molecule has 102 valence electrons. The summed E-state index contributed by atoms with van der Waals surface area (Å²) >= 11 is 0. The predicted molar refractivity (Wildman–Crippen MR) is 74.2 cm³/mol. The topological polar surface area (TPSA) is 12.5 Å². The van der Waals surface area contributed by atoms with Gasteiger partial charge in [-0.05, 0) is 23.8 Å². The molecule has 0 spiro atoms. The number of ether oxygens (including phenoxy) is 1. The first kappa shape index (κ1) is 15.0. The maximum absolute atomic E-state index is 5.06. The minimum atomic E-state index is 0.470. The lowest BCUT2D eigenvalue weighted by Gasteiger charge is -2.44. The summed E-state index contributed by atoms with van der Waals surface area (Å²) in [5.74, 6) is 1.74. The molecule has 0 N–H and O–H groups in total. The highest BCUT2D eigenvalue weighted by molar-refractivity contribution is 4.85. The Hall–Kier alpha value is -0.0800. The second-order valence-corrected chi connectivity index (χ2v) is 7.88. The van der Waals surface area contributed by atoms with Crippen molar-refractivity contribution in [2.24, 2.45) is 22.7 Å². The predicted octanol–water partition coefficient (Wildman–Crippen LogP) is 3.27. The van der Waals surface area contributed by atoms with Crippen LogP contribution in [0.4, 0.5) is 0 Å². The molecule has 0 aliphatic carbocycles. The fraction of sp³-hybridized carbons (Fsp3) is 1.00. The number of nitrogens with zero attached hydrogens (tertiary/aromatic N) is 1. The molecule has 2 saturated heterocycles. The highest BCUT2D eigenvalue weighted by Crippen LogP contribution is 2.32. The zero-order chi connectivity index (χ0) is 13.3. The Morgan fingerprint density at radius 3 is 1.29 bits per heavy atom. The van der Waals surface area contributed by atoms with Crippen LogP contribution >= 0.6 is 0 Å². The van der Waals surface area contributed by atoms with Crippen LogP contribution in [0.25, 0.3) is 0 Å². The number of rotatable bonds is 0. The average molecular weight is 241 g/mol. The molecule has 2 heterocycles. The van der Waals surface area contributed by atoms with E-state index >= 15 is 0 Å². The maximum atomic E-state index is 5.06. The zero-order valence-electron chi connectivity index (χ0n) is 12.8. The monoisotopic (exact) mass is 241 g/mol. The largest absolute Gasteiger partial charge is 0.381 e. The van der Waals surface area contributed by atoms with Gasteiger partial charge in [-0.3, -0.25) is 0 Å². The molecule has 0 amide bonds. The summed E-state index contributed by atoms with van der Waals surface area (Å²) in [7, 11) is 2.18. The van der Waals surface area contributed by atoms with E-state index in [0.717, 1.165) is 25.0 Å². The minimum absolute atomic E-state index is 0.470. The third kappa shape index (κ3) is 4.59. The Kier molecular flexibility index (Phi) is 4.65. The number of hydrogen-bond acceptors (Lipinski definition) is 2. The molecule has 2 heteroatoms. The summed E-state index contributed by atoms with van der Waals surface area (Å²) < 4.78 is 5.06. The average Bonchev–Trinajstić information content (AvgIpc) is 1.90. The van der Waals surface area contributed by atoms with E-state index in [1.807, 2.05) is 0 Å². The summed E-state index contributed by atoms with van der Waals surface area (Å²) in [6.45, 7) is 18.3. The molecule has 2 nitrogen and oxygen atoms in total. The summed E-state index contributed by atoms with van der Waals surface area (Å²) in [4.78, 5) is 2.37. The van der Waals surface area contributed by atoms with Crippen LogP contribution in [0.15, 0.2) is 0 Å². The Morgan fingerprint density at radius 1 is 0.824 bits per heavy atom. The lowest BCUT2D eigenvalue weighted by Crippen LogP contribution is -2.49. The van der Waals surface area contributed by atoms with Crippen LogP contribution in [-0.2, 0) is 4.74 Å². The first-order chi connectivity index (χ1) is 7.60. The van der Waals surface area contributed by atoms with Crippen molar-refractivity contribution < 1.29 is 4.74 Å². The Labute approximate surface area is 108 Å². The molecular formula is C15H31NO. The second-order valence-electron chi connectivity index (χ2n) is 7.88. The van der Waals surface area contributed by atoms with Crippen LogP contribution in [-0.4, -0.2) is 38.3 Å². The van der Waals surface area contributed by atoms with E-state index in [1.54, 1.807) is 0 Å². The SMILES string of the molecule is CC(C)(C)C1COC1.CN1CC(C(C)(C)C)C1. The smallest absolute Gasteiger partial charge is 0.0521 e. The summed E-state index contributed by atoms with van der Waals surface area (Å²) in [6.07, 6.45) is 0. The highest BCUT2D eigenvalue weighted by atomic mass is 16.5. The van der Waals surface area contributed by atoms with E-state index in [0.29, 0.717) is 10.8 Å². The first-order valence-electron chi connectivity index (χ1n) is 6.87. The van der Waals surface area contributed by atoms with Gasteiger partial charge in [-0.1, -0.05) is 41.5 Å². The Balaban J connectivity index is 0.000000171. The molecular weight excluding hydrogens is 210 g/mol. The molecule has 2 fully saturated rings. The quantitative estimate of drug-likeness (QED) is 0.645. The molecule has 2 rings (SSSR count). The van der Waals surface area contributed by atoms with Gasteiger partial charge in [-0.2, -0.15) is 0 Å². The van der Waals surface area contributed by atoms with Gasteiger partial charge in [-0.25, -0.2) is 0 Å². The van der Waals surface area contributed by atoms with Gasteiger partial charge in [0.15, 0.2) is 0 Å². The van der Waals surface area contributed by atoms with Gasteiger partial charge < -0.3 is 9.64 Å². The molecule has 0 aromatic heterocycles. The van der Waals surface area contributed by atoms with Gasteiger partial charge in [-0.15, -0.1) is 0 Å². The number of hydrogen-bond donors (Lipinski definition) is 0. The molecule has 0 aromatic rings. The molecule has 0 atom stereocenters. The summed E-state index contributed by atoms with van der Waals surface area (Å²) in [5, 5.41) is 0. The Morgan fingerprint density at radius 2 is 1.24 bits per heavy atom. The van der Waals surface area contributed by atoms with Gasteiger partial charge in [0, 0.05) is 19.0 Å². The molecule has 0 radical (unpaired) electrons. The molecule has 0 unspecified atom stereocenters. The maximum Gasteiger partial charge on any atom is 0.0521 e. The molecule has 0 bridgehead atoms. The van der Waals surface area contributed by atoms with Crippen LogP contribution < -0.4 is 0 Å².